The fraction of sp³-hybridized carbons (Fsp3) is 0.429. The molecule has 0 spiro atoms. The zero-order valence-corrected chi connectivity index (χ0v) is 12.3. The van der Waals surface area contributed by atoms with Crippen LogP contribution in [0.25, 0.3) is 0 Å². The number of hydrogen-bond acceptors (Lipinski definition) is 6. The minimum Gasteiger partial charge on any atom is -0.438 e. The van der Waals surface area contributed by atoms with Crippen LogP contribution < -0.4 is 5.56 Å². The Morgan fingerprint density at radius 2 is 2.27 bits per heavy atom. The number of rotatable bonds is 2. The molecule has 1 aliphatic heterocycles. The number of aromatic nitrogens is 3. The van der Waals surface area contributed by atoms with Crippen LogP contribution in [0.3, 0.4) is 0 Å². The molecule has 1 fully saturated rings. The van der Waals surface area contributed by atoms with Gasteiger partial charge in [0.1, 0.15) is 11.9 Å². The van der Waals surface area contributed by atoms with Crippen LogP contribution in [0.15, 0.2) is 21.7 Å². The van der Waals surface area contributed by atoms with E-state index in [2.05, 4.69) is 15.0 Å². The highest BCUT2D eigenvalue weighted by Crippen LogP contribution is 2.21. The maximum atomic E-state index is 12.4. The molecular formula is C14H16N4O4. The molecule has 3 rings (SSSR count). The first-order valence-electron chi connectivity index (χ1n) is 6.93. The molecule has 0 bridgehead atoms. The number of H-pyrrole nitrogens is 1. The molecule has 1 aliphatic rings. The van der Waals surface area contributed by atoms with E-state index in [9.17, 15) is 9.59 Å². The fourth-order valence-electron chi connectivity index (χ4n) is 2.43. The molecule has 0 radical (unpaired) electrons. The summed E-state index contributed by atoms with van der Waals surface area (Å²) in [4.78, 5) is 36.4. The zero-order chi connectivity index (χ0) is 15.7. The standard InChI is InChI=1S/C14H16N4O4/c1-8-13(22-7-15-8)14(20)18-3-4-21-11(6-18)10-5-12(19)17-9(2)16-10/h5,7,11H,3-4,6H2,1-2H3,(H,16,17,19)/t11-/m0/s1. The van der Waals surface area contributed by atoms with E-state index in [0.717, 1.165) is 0 Å². The predicted octanol–water partition coefficient (Wildman–Crippen LogP) is 0.588. The number of amides is 1. The molecule has 0 unspecified atom stereocenters. The van der Waals surface area contributed by atoms with Crippen LogP contribution in [-0.4, -0.2) is 45.5 Å². The third-order valence-electron chi connectivity index (χ3n) is 3.50. The van der Waals surface area contributed by atoms with Gasteiger partial charge < -0.3 is 19.0 Å². The third kappa shape index (κ3) is 2.77. The second-order valence-electron chi connectivity index (χ2n) is 5.13. The summed E-state index contributed by atoms with van der Waals surface area (Å²) >= 11 is 0. The van der Waals surface area contributed by atoms with E-state index >= 15 is 0 Å². The Bertz CT molecular complexity index is 751. The quantitative estimate of drug-likeness (QED) is 0.871. The lowest BCUT2D eigenvalue weighted by Gasteiger charge is -2.32. The normalized spacial score (nSPS) is 18.5. The molecule has 22 heavy (non-hydrogen) atoms. The topological polar surface area (TPSA) is 101 Å². The predicted molar refractivity (Wildman–Crippen MR) is 75.4 cm³/mol. The van der Waals surface area contributed by atoms with E-state index in [-0.39, 0.29) is 17.2 Å². The molecule has 0 aliphatic carbocycles. The average Bonchev–Trinajstić information content (AvgIpc) is 2.92. The number of morpholine rings is 1. The van der Waals surface area contributed by atoms with Crippen molar-refractivity contribution in [2.75, 3.05) is 19.7 Å². The van der Waals surface area contributed by atoms with Gasteiger partial charge in [0.25, 0.3) is 11.5 Å². The molecular weight excluding hydrogens is 288 g/mol. The molecule has 116 valence electrons. The van der Waals surface area contributed by atoms with E-state index < -0.39 is 6.10 Å². The third-order valence-corrected chi connectivity index (χ3v) is 3.50. The molecule has 1 atom stereocenters. The first kappa shape index (κ1) is 14.5. The Kier molecular flexibility index (Phi) is 3.76. The number of aromatic amines is 1. The lowest BCUT2D eigenvalue weighted by atomic mass is 10.2. The van der Waals surface area contributed by atoms with Gasteiger partial charge in [0.05, 0.1) is 24.5 Å². The monoisotopic (exact) mass is 304 g/mol. The van der Waals surface area contributed by atoms with E-state index in [1.165, 1.54) is 12.5 Å². The minimum atomic E-state index is -0.429. The summed E-state index contributed by atoms with van der Waals surface area (Å²) in [5.74, 6) is 0.515. The van der Waals surface area contributed by atoms with Gasteiger partial charge in [-0.1, -0.05) is 0 Å². The average molecular weight is 304 g/mol. The van der Waals surface area contributed by atoms with Gasteiger partial charge in [0.2, 0.25) is 5.76 Å². The lowest BCUT2D eigenvalue weighted by molar-refractivity contribution is -0.0258. The number of nitrogens with one attached hydrogen (secondary N) is 1. The van der Waals surface area contributed by atoms with Crippen LogP contribution in [0.2, 0.25) is 0 Å². The van der Waals surface area contributed by atoms with Crippen molar-refractivity contribution in [2.45, 2.75) is 20.0 Å². The summed E-state index contributed by atoms with van der Waals surface area (Å²) in [7, 11) is 0. The van der Waals surface area contributed by atoms with Gasteiger partial charge in [-0.15, -0.1) is 0 Å². The second-order valence-corrected chi connectivity index (χ2v) is 5.13. The summed E-state index contributed by atoms with van der Waals surface area (Å²) in [6, 6.07) is 1.39. The van der Waals surface area contributed by atoms with Crippen molar-refractivity contribution in [1.82, 2.24) is 19.9 Å². The van der Waals surface area contributed by atoms with Crippen LogP contribution in [-0.2, 0) is 4.74 Å². The van der Waals surface area contributed by atoms with E-state index in [0.29, 0.717) is 36.9 Å². The summed E-state index contributed by atoms with van der Waals surface area (Å²) in [5.41, 5.74) is 0.840. The van der Waals surface area contributed by atoms with E-state index in [4.69, 9.17) is 9.15 Å². The first-order valence-corrected chi connectivity index (χ1v) is 6.93. The molecule has 8 heteroatoms. The highest BCUT2D eigenvalue weighted by molar-refractivity contribution is 5.92. The largest absolute Gasteiger partial charge is 0.438 e. The number of carbonyl (C=O) groups is 1. The Morgan fingerprint density at radius 1 is 1.45 bits per heavy atom. The van der Waals surface area contributed by atoms with Crippen LogP contribution in [0.4, 0.5) is 0 Å². The lowest BCUT2D eigenvalue weighted by Crippen LogP contribution is -2.42. The number of aryl methyl sites for hydroxylation is 2. The summed E-state index contributed by atoms with van der Waals surface area (Å²) in [5, 5.41) is 0. The van der Waals surface area contributed by atoms with Crippen LogP contribution >= 0.6 is 0 Å². The first-order chi connectivity index (χ1) is 10.5. The Hall–Kier alpha value is -2.48. The van der Waals surface area contributed by atoms with Crippen molar-refractivity contribution < 1.29 is 13.9 Å². The van der Waals surface area contributed by atoms with Crippen molar-refractivity contribution >= 4 is 5.91 Å². The van der Waals surface area contributed by atoms with Crippen LogP contribution in [0, 0.1) is 13.8 Å². The molecule has 8 nitrogen and oxygen atoms in total. The SMILES string of the molecule is Cc1nc([C@@H]2CN(C(=O)c3ocnc3C)CCO2)cc(=O)[nH]1. The highest BCUT2D eigenvalue weighted by atomic mass is 16.5. The molecule has 0 aromatic carbocycles. The van der Waals surface area contributed by atoms with Gasteiger partial charge in [-0.05, 0) is 13.8 Å². The zero-order valence-electron chi connectivity index (χ0n) is 12.3. The van der Waals surface area contributed by atoms with Gasteiger partial charge in [-0.3, -0.25) is 9.59 Å². The Balaban J connectivity index is 1.81. The fourth-order valence-corrected chi connectivity index (χ4v) is 2.43. The maximum Gasteiger partial charge on any atom is 0.291 e. The summed E-state index contributed by atoms with van der Waals surface area (Å²) in [6.45, 7) is 4.56. The van der Waals surface area contributed by atoms with Crippen molar-refractivity contribution in [1.29, 1.82) is 0 Å². The number of nitrogens with zero attached hydrogens (tertiary/aromatic N) is 3. The highest BCUT2D eigenvalue weighted by Gasteiger charge is 2.29. The second kappa shape index (κ2) is 5.72. The maximum absolute atomic E-state index is 12.4. The minimum absolute atomic E-state index is 0.232. The van der Waals surface area contributed by atoms with Gasteiger partial charge in [-0.2, -0.15) is 0 Å². The van der Waals surface area contributed by atoms with Crippen LogP contribution in [0.1, 0.15) is 33.9 Å². The molecule has 1 amide bonds. The van der Waals surface area contributed by atoms with Crippen LogP contribution in [0.5, 0.6) is 0 Å². The molecule has 1 N–H and O–H groups in total. The Morgan fingerprint density at radius 3 is 2.95 bits per heavy atom. The van der Waals surface area contributed by atoms with Gasteiger partial charge in [-0.25, -0.2) is 9.97 Å². The van der Waals surface area contributed by atoms with Crippen molar-refractivity contribution in [3.63, 3.8) is 0 Å². The number of hydrogen-bond donors (Lipinski definition) is 1. The van der Waals surface area contributed by atoms with Gasteiger partial charge in [0.15, 0.2) is 6.39 Å². The van der Waals surface area contributed by atoms with Crippen molar-refractivity contribution in [3.05, 3.63) is 45.8 Å². The molecule has 3 heterocycles. The van der Waals surface area contributed by atoms with E-state index in [1.807, 2.05) is 0 Å². The molecule has 0 saturated carbocycles. The van der Waals surface area contributed by atoms with Crippen molar-refractivity contribution in [3.8, 4) is 0 Å². The number of carbonyl (C=O) groups excluding carboxylic acids is 1. The molecule has 1 saturated heterocycles. The number of ether oxygens (including phenoxy) is 1. The van der Waals surface area contributed by atoms with Gasteiger partial charge >= 0.3 is 0 Å². The summed E-state index contributed by atoms with van der Waals surface area (Å²) < 4.78 is 10.8. The van der Waals surface area contributed by atoms with E-state index in [1.54, 1.807) is 18.7 Å². The molecule has 2 aromatic rings. The molecule has 2 aromatic heterocycles. The Labute approximate surface area is 126 Å². The van der Waals surface area contributed by atoms with Crippen molar-refractivity contribution in [2.24, 2.45) is 0 Å². The van der Waals surface area contributed by atoms with Gasteiger partial charge in [0, 0.05) is 12.6 Å². The number of oxazole rings is 1. The summed E-state index contributed by atoms with van der Waals surface area (Å²) in [6.07, 6.45) is 0.823. The smallest absolute Gasteiger partial charge is 0.291 e.